The van der Waals surface area contributed by atoms with Gasteiger partial charge < -0.3 is 5.32 Å². The predicted molar refractivity (Wildman–Crippen MR) is 84.9 cm³/mol. The summed E-state index contributed by atoms with van der Waals surface area (Å²) in [4.78, 5) is 12.0. The first-order chi connectivity index (χ1) is 10.5. The summed E-state index contributed by atoms with van der Waals surface area (Å²) in [6, 6.07) is 4.76. The van der Waals surface area contributed by atoms with E-state index in [1.807, 2.05) is 19.4 Å². The third-order valence-electron chi connectivity index (χ3n) is 3.93. The maximum Gasteiger partial charge on any atom is 0.220 e. The molecule has 116 valence electrons. The minimum Gasteiger partial charge on any atom is -0.353 e. The normalized spacial score (nSPS) is 20.0. The van der Waals surface area contributed by atoms with E-state index < -0.39 is 0 Å². The minimum atomic E-state index is -0.280. The van der Waals surface area contributed by atoms with Gasteiger partial charge in [0.2, 0.25) is 5.91 Å². The van der Waals surface area contributed by atoms with Crippen molar-refractivity contribution in [1.29, 1.82) is 0 Å². The summed E-state index contributed by atoms with van der Waals surface area (Å²) in [6.45, 7) is 0. The molecule has 1 heterocycles. The van der Waals surface area contributed by atoms with E-state index >= 15 is 0 Å². The molecule has 2 atom stereocenters. The van der Waals surface area contributed by atoms with Gasteiger partial charge in [0.1, 0.15) is 5.82 Å². The zero-order chi connectivity index (χ0) is 15.7. The summed E-state index contributed by atoms with van der Waals surface area (Å²) in [5.41, 5.74) is 2.12. The highest BCUT2D eigenvalue weighted by molar-refractivity contribution is 9.10. The van der Waals surface area contributed by atoms with Crippen LogP contribution in [0.4, 0.5) is 4.39 Å². The van der Waals surface area contributed by atoms with E-state index in [-0.39, 0.29) is 17.8 Å². The van der Waals surface area contributed by atoms with Crippen LogP contribution in [0.5, 0.6) is 0 Å². The van der Waals surface area contributed by atoms with E-state index in [0.717, 1.165) is 12.0 Å². The Bertz CT molecular complexity index is 700. The molecule has 1 fully saturated rings. The molecule has 1 aromatic heterocycles. The maximum absolute atomic E-state index is 13.0. The monoisotopic (exact) mass is 365 g/mol. The molecule has 0 radical (unpaired) electrons. The van der Waals surface area contributed by atoms with Crippen molar-refractivity contribution in [3.63, 3.8) is 0 Å². The predicted octanol–water partition coefficient (Wildman–Crippen LogP) is 2.93. The van der Waals surface area contributed by atoms with E-state index in [2.05, 4.69) is 26.3 Å². The number of amides is 1. The highest BCUT2D eigenvalue weighted by Crippen LogP contribution is 2.40. The quantitative estimate of drug-likeness (QED) is 0.885. The number of rotatable bonds is 5. The topological polar surface area (TPSA) is 46.9 Å². The molecule has 2 aromatic rings. The van der Waals surface area contributed by atoms with Gasteiger partial charge in [0.25, 0.3) is 0 Å². The van der Waals surface area contributed by atoms with Gasteiger partial charge in [0.15, 0.2) is 0 Å². The molecule has 0 unspecified atom stereocenters. The van der Waals surface area contributed by atoms with Crippen LogP contribution in [0.2, 0.25) is 0 Å². The van der Waals surface area contributed by atoms with Gasteiger partial charge in [-0.1, -0.05) is 22.0 Å². The van der Waals surface area contributed by atoms with Crippen molar-refractivity contribution in [3.8, 4) is 0 Å². The molecule has 4 nitrogen and oxygen atoms in total. The summed E-state index contributed by atoms with van der Waals surface area (Å²) in [7, 11) is 1.89. The first-order valence-electron chi connectivity index (χ1n) is 7.25. The zero-order valence-corrected chi connectivity index (χ0v) is 13.8. The van der Waals surface area contributed by atoms with Crippen LogP contribution in [0.25, 0.3) is 0 Å². The van der Waals surface area contributed by atoms with Crippen molar-refractivity contribution in [2.24, 2.45) is 7.05 Å². The number of aryl methyl sites for hydroxylation is 2. The Hall–Kier alpha value is -1.69. The second-order valence-corrected chi connectivity index (χ2v) is 6.55. The Morgan fingerprint density at radius 2 is 2.36 bits per heavy atom. The van der Waals surface area contributed by atoms with Gasteiger partial charge in [0, 0.05) is 36.1 Å². The van der Waals surface area contributed by atoms with Crippen LogP contribution in [-0.2, 0) is 18.3 Å². The second-order valence-electron chi connectivity index (χ2n) is 5.70. The fourth-order valence-corrected chi connectivity index (χ4v) is 3.16. The summed E-state index contributed by atoms with van der Waals surface area (Å²) >= 11 is 3.32. The van der Waals surface area contributed by atoms with Crippen LogP contribution in [0.15, 0.2) is 35.1 Å². The van der Waals surface area contributed by atoms with E-state index in [1.54, 1.807) is 10.7 Å². The van der Waals surface area contributed by atoms with E-state index in [4.69, 9.17) is 0 Å². The van der Waals surface area contributed by atoms with Crippen molar-refractivity contribution >= 4 is 21.8 Å². The van der Waals surface area contributed by atoms with Gasteiger partial charge in [-0.15, -0.1) is 0 Å². The van der Waals surface area contributed by atoms with Gasteiger partial charge in [-0.2, -0.15) is 5.10 Å². The molecular weight excluding hydrogens is 349 g/mol. The highest BCUT2D eigenvalue weighted by Gasteiger charge is 2.40. The number of carbonyl (C=O) groups excluding carboxylic acids is 1. The second kappa shape index (κ2) is 6.20. The number of aromatic nitrogens is 2. The molecular formula is C16H17BrFN3O. The third kappa shape index (κ3) is 3.55. The molecule has 0 aliphatic heterocycles. The minimum absolute atomic E-state index is 0.0348. The van der Waals surface area contributed by atoms with Gasteiger partial charge in [-0.05, 0) is 36.1 Å². The molecule has 1 amide bonds. The molecule has 3 rings (SSSR count). The molecule has 1 aliphatic rings. The maximum atomic E-state index is 13.0. The van der Waals surface area contributed by atoms with Crippen molar-refractivity contribution in [1.82, 2.24) is 15.1 Å². The SMILES string of the molecule is Cn1cc([C@@H]2C[C@H]2NC(=O)CCc2ccc(F)cc2Br)cn1. The van der Waals surface area contributed by atoms with Crippen molar-refractivity contribution in [2.75, 3.05) is 0 Å². The number of carbonyl (C=O) groups is 1. The Morgan fingerprint density at radius 1 is 1.55 bits per heavy atom. The lowest BCUT2D eigenvalue weighted by molar-refractivity contribution is -0.121. The van der Waals surface area contributed by atoms with E-state index in [0.29, 0.717) is 23.2 Å². The van der Waals surface area contributed by atoms with Crippen LogP contribution in [0.1, 0.15) is 29.9 Å². The number of nitrogens with one attached hydrogen (secondary N) is 1. The standard InChI is InChI=1S/C16H17BrFN3O/c1-21-9-11(8-19-21)13-7-15(13)20-16(22)5-3-10-2-4-12(18)6-14(10)17/h2,4,6,8-9,13,15H,3,5,7H2,1H3,(H,20,22)/t13-,15+/m0/s1. The summed E-state index contributed by atoms with van der Waals surface area (Å²) in [5.74, 6) is 0.139. The number of hydrogen-bond donors (Lipinski definition) is 1. The van der Waals surface area contributed by atoms with Crippen molar-refractivity contribution in [3.05, 3.63) is 52.0 Å². The van der Waals surface area contributed by atoms with E-state index in [9.17, 15) is 9.18 Å². The van der Waals surface area contributed by atoms with Crippen molar-refractivity contribution < 1.29 is 9.18 Å². The first-order valence-corrected chi connectivity index (χ1v) is 8.04. The van der Waals surface area contributed by atoms with Crippen LogP contribution in [0.3, 0.4) is 0 Å². The van der Waals surface area contributed by atoms with Crippen LogP contribution in [0, 0.1) is 5.82 Å². The van der Waals surface area contributed by atoms with Gasteiger partial charge in [0.05, 0.1) is 6.20 Å². The summed E-state index contributed by atoms with van der Waals surface area (Å²) in [5, 5.41) is 7.20. The van der Waals surface area contributed by atoms with Crippen molar-refractivity contribution in [2.45, 2.75) is 31.2 Å². The molecule has 1 aromatic carbocycles. The zero-order valence-electron chi connectivity index (χ0n) is 12.2. The van der Waals surface area contributed by atoms with Gasteiger partial charge >= 0.3 is 0 Å². The number of nitrogens with zero attached hydrogens (tertiary/aromatic N) is 2. The number of hydrogen-bond acceptors (Lipinski definition) is 2. The lowest BCUT2D eigenvalue weighted by Crippen LogP contribution is -2.26. The average Bonchev–Trinajstić information content (AvgIpc) is 3.08. The third-order valence-corrected chi connectivity index (χ3v) is 4.66. The molecule has 1 N–H and O–H groups in total. The Balaban J connectivity index is 1.47. The average molecular weight is 366 g/mol. The van der Waals surface area contributed by atoms with Gasteiger partial charge in [-0.25, -0.2) is 4.39 Å². The molecule has 0 spiro atoms. The molecule has 22 heavy (non-hydrogen) atoms. The lowest BCUT2D eigenvalue weighted by Gasteiger charge is -2.06. The molecule has 6 heteroatoms. The fraction of sp³-hybridized carbons (Fsp3) is 0.375. The Morgan fingerprint density at radius 3 is 3.05 bits per heavy atom. The van der Waals surface area contributed by atoms with Gasteiger partial charge in [-0.3, -0.25) is 9.48 Å². The lowest BCUT2D eigenvalue weighted by atomic mass is 10.1. The van der Waals surface area contributed by atoms with Crippen LogP contribution in [-0.4, -0.2) is 21.7 Å². The smallest absolute Gasteiger partial charge is 0.220 e. The molecule has 0 bridgehead atoms. The number of halogens is 2. The van der Waals surface area contributed by atoms with Crippen LogP contribution < -0.4 is 5.32 Å². The molecule has 1 aliphatic carbocycles. The van der Waals surface area contributed by atoms with Crippen LogP contribution >= 0.6 is 15.9 Å². The largest absolute Gasteiger partial charge is 0.353 e. The highest BCUT2D eigenvalue weighted by atomic mass is 79.9. The molecule has 1 saturated carbocycles. The molecule has 0 saturated heterocycles. The summed E-state index contributed by atoms with van der Waals surface area (Å²) in [6.07, 6.45) is 5.81. The van der Waals surface area contributed by atoms with E-state index in [1.165, 1.54) is 17.7 Å². The summed E-state index contributed by atoms with van der Waals surface area (Å²) < 4.78 is 15.5. The first kappa shape index (κ1) is 15.2. The fourth-order valence-electron chi connectivity index (χ4n) is 2.61. The number of benzene rings is 1. The Kier molecular flexibility index (Phi) is 4.29. The Labute approximate surface area is 136 Å².